The summed E-state index contributed by atoms with van der Waals surface area (Å²) in [5.41, 5.74) is 1.56. The number of ether oxygens (including phenoxy) is 1. The van der Waals surface area contributed by atoms with Gasteiger partial charge in [0.05, 0.1) is 7.11 Å². The largest absolute Gasteiger partial charge is 0.508 e. The van der Waals surface area contributed by atoms with Gasteiger partial charge < -0.3 is 20.5 Å². The van der Waals surface area contributed by atoms with Crippen LogP contribution in [-0.2, 0) is 11.2 Å². The second-order valence-corrected chi connectivity index (χ2v) is 6.34. The van der Waals surface area contributed by atoms with E-state index in [9.17, 15) is 15.2 Å². The highest BCUT2D eigenvalue weighted by atomic mass is 32.1. The van der Waals surface area contributed by atoms with Crippen LogP contribution in [0.2, 0.25) is 0 Å². The zero-order chi connectivity index (χ0) is 20.5. The minimum absolute atomic E-state index is 0.142. The highest BCUT2D eigenvalue weighted by Crippen LogP contribution is 2.16. The molecule has 0 aliphatic heterocycles. The molecule has 0 bridgehead atoms. The molecule has 2 rings (SSSR count). The Bertz CT molecular complexity index is 847. The number of phenolic OH excluding ortho intramolecular Hbond substituents is 1. The van der Waals surface area contributed by atoms with Crippen molar-refractivity contribution in [1.82, 2.24) is 10.2 Å². The Morgan fingerprint density at radius 1 is 1.25 bits per heavy atom. The first-order chi connectivity index (χ1) is 13.5. The Labute approximate surface area is 169 Å². The summed E-state index contributed by atoms with van der Waals surface area (Å²) < 4.78 is 5.12. The molecule has 0 saturated heterocycles. The Balaban J connectivity index is 2.12. The number of aromatic hydroxyl groups is 1. The molecule has 0 radical (unpaired) electrons. The third kappa shape index (κ3) is 5.86. The third-order valence-electron chi connectivity index (χ3n) is 4.03. The lowest BCUT2D eigenvalue weighted by molar-refractivity contribution is -0.129. The number of carbonyl (C=O) groups is 1. The van der Waals surface area contributed by atoms with E-state index >= 15 is 0 Å². The first kappa shape index (κ1) is 21.0. The number of carbonyl (C=O) groups excluding carboxylic acids is 1. The first-order valence-electron chi connectivity index (χ1n) is 8.67. The highest BCUT2D eigenvalue weighted by Gasteiger charge is 2.25. The maximum absolute atomic E-state index is 12.7. The molecule has 2 aromatic carbocycles. The van der Waals surface area contributed by atoms with Crippen molar-refractivity contribution in [2.75, 3.05) is 19.0 Å². The number of likely N-dealkylation sites (N-methyl/N-ethyl adjacent to an activating group) is 1. The van der Waals surface area contributed by atoms with Gasteiger partial charge in [-0.3, -0.25) is 4.79 Å². The second-order valence-electron chi connectivity index (χ2n) is 5.93. The number of amides is 1. The standard InChI is InChI=1S/C20H22N4O3S/c1-3-24(13-21)19(26)18(12-14-4-8-16(25)9-5-14)23-20(28)22-15-6-10-17(27-2)11-7-15/h4-11,18,25H,3,12H2,1-2H3,(H2,22,23,28). The molecule has 0 saturated carbocycles. The van der Waals surface area contributed by atoms with E-state index in [2.05, 4.69) is 10.6 Å². The molecular formula is C20H22N4O3S. The fourth-order valence-corrected chi connectivity index (χ4v) is 2.79. The minimum atomic E-state index is -0.734. The smallest absolute Gasteiger partial charge is 0.258 e. The Morgan fingerprint density at radius 3 is 2.43 bits per heavy atom. The lowest BCUT2D eigenvalue weighted by Crippen LogP contribution is -2.49. The van der Waals surface area contributed by atoms with Gasteiger partial charge in [-0.15, -0.1) is 0 Å². The predicted molar refractivity (Wildman–Crippen MR) is 111 cm³/mol. The number of nitrogens with one attached hydrogen (secondary N) is 2. The molecule has 8 heteroatoms. The number of benzene rings is 2. The van der Waals surface area contributed by atoms with Crippen molar-refractivity contribution in [3.8, 4) is 17.7 Å². The van der Waals surface area contributed by atoms with Crippen LogP contribution < -0.4 is 15.4 Å². The summed E-state index contributed by atoms with van der Waals surface area (Å²) in [6, 6.07) is 13.0. The van der Waals surface area contributed by atoms with E-state index in [-0.39, 0.29) is 23.3 Å². The van der Waals surface area contributed by atoms with E-state index in [1.807, 2.05) is 6.19 Å². The van der Waals surface area contributed by atoms with Crippen LogP contribution in [0.15, 0.2) is 48.5 Å². The molecular weight excluding hydrogens is 376 g/mol. The van der Waals surface area contributed by atoms with Crippen molar-refractivity contribution >= 4 is 28.9 Å². The van der Waals surface area contributed by atoms with Gasteiger partial charge in [-0.25, -0.2) is 4.90 Å². The Hall–Kier alpha value is -3.31. The van der Waals surface area contributed by atoms with Gasteiger partial charge in [0.15, 0.2) is 11.3 Å². The fourth-order valence-electron chi connectivity index (χ4n) is 2.53. The number of methoxy groups -OCH3 is 1. The van der Waals surface area contributed by atoms with Crippen LogP contribution in [0.5, 0.6) is 11.5 Å². The van der Waals surface area contributed by atoms with Gasteiger partial charge in [0.1, 0.15) is 17.5 Å². The summed E-state index contributed by atoms with van der Waals surface area (Å²) in [5.74, 6) is 0.484. The first-order valence-corrected chi connectivity index (χ1v) is 9.08. The molecule has 3 N–H and O–H groups in total. The van der Waals surface area contributed by atoms with E-state index in [4.69, 9.17) is 17.0 Å². The van der Waals surface area contributed by atoms with Gasteiger partial charge in [0.2, 0.25) is 0 Å². The summed E-state index contributed by atoms with van der Waals surface area (Å²) >= 11 is 5.34. The van der Waals surface area contributed by atoms with E-state index in [0.29, 0.717) is 6.42 Å². The molecule has 0 aromatic heterocycles. The number of hydrogen-bond acceptors (Lipinski definition) is 5. The van der Waals surface area contributed by atoms with E-state index in [0.717, 1.165) is 21.9 Å². The van der Waals surface area contributed by atoms with E-state index in [1.165, 1.54) is 0 Å². The third-order valence-corrected chi connectivity index (χ3v) is 4.25. The fraction of sp³-hybridized carbons (Fsp3) is 0.250. The van der Waals surface area contributed by atoms with Gasteiger partial charge in [-0.05, 0) is 61.1 Å². The monoisotopic (exact) mass is 398 g/mol. The van der Waals surface area contributed by atoms with E-state index in [1.54, 1.807) is 62.6 Å². The van der Waals surface area contributed by atoms with Crippen molar-refractivity contribution in [3.63, 3.8) is 0 Å². The summed E-state index contributed by atoms with van der Waals surface area (Å²) in [5, 5.41) is 24.9. The lowest BCUT2D eigenvalue weighted by Gasteiger charge is -2.23. The summed E-state index contributed by atoms with van der Waals surface area (Å²) in [4.78, 5) is 13.8. The molecule has 1 amide bonds. The van der Waals surface area contributed by atoms with Crippen molar-refractivity contribution in [2.24, 2.45) is 0 Å². The summed E-state index contributed by atoms with van der Waals surface area (Å²) in [6.45, 7) is 1.99. The lowest BCUT2D eigenvalue weighted by atomic mass is 10.0. The Morgan fingerprint density at radius 2 is 1.89 bits per heavy atom. The molecule has 0 heterocycles. The molecule has 0 spiro atoms. The van der Waals surface area contributed by atoms with Gasteiger partial charge in [-0.1, -0.05) is 12.1 Å². The number of phenols is 1. The van der Waals surface area contributed by atoms with Crippen LogP contribution in [0, 0.1) is 11.5 Å². The van der Waals surface area contributed by atoms with Crippen LogP contribution in [-0.4, -0.2) is 40.7 Å². The summed E-state index contributed by atoms with van der Waals surface area (Å²) in [6.07, 6.45) is 2.20. The van der Waals surface area contributed by atoms with Gasteiger partial charge in [0, 0.05) is 18.7 Å². The van der Waals surface area contributed by atoms with Gasteiger partial charge in [-0.2, -0.15) is 5.26 Å². The van der Waals surface area contributed by atoms with Crippen LogP contribution in [0.1, 0.15) is 12.5 Å². The van der Waals surface area contributed by atoms with Crippen LogP contribution in [0.25, 0.3) is 0 Å². The van der Waals surface area contributed by atoms with Crippen molar-refractivity contribution < 1.29 is 14.6 Å². The summed E-state index contributed by atoms with van der Waals surface area (Å²) in [7, 11) is 1.59. The number of hydrogen-bond donors (Lipinski definition) is 3. The minimum Gasteiger partial charge on any atom is -0.508 e. The molecule has 0 aliphatic rings. The van der Waals surface area contributed by atoms with Crippen LogP contribution >= 0.6 is 12.2 Å². The molecule has 146 valence electrons. The quantitative estimate of drug-likeness (QED) is 0.375. The van der Waals surface area contributed by atoms with Crippen LogP contribution in [0.3, 0.4) is 0 Å². The second kappa shape index (κ2) is 10.1. The molecule has 2 aromatic rings. The maximum atomic E-state index is 12.7. The van der Waals surface area contributed by atoms with Crippen molar-refractivity contribution in [2.45, 2.75) is 19.4 Å². The molecule has 7 nitrogen and oxygen atoms in total. The molecule has 1 atom stereocenters. The van der Waals surface area contributed by atoms with Crippen molar-refractivity contribution in [3.05, 3.63) is 54.1 Å². The number of rotatable bonds is 7. The van der Waals surface area contributed by atoms with Gasteiger partial charge >= 0.3 is 0 Å². The maximum Gasteiger partial charge on any atom is 0.258 e. The van der Waals surface area contributed by atoms with Gasteiger partial charge in [0.25, 0.3) is 5.91 Å². The number of thiocarbonyl (C=S) groups is 1. The van der Waals surface area contributed by atoms with Crippen LogP contribution in [0.4, 0.5) is 5.69 Å². The highest BCUT2D eigenvalue weighted by molar-refractivity contribution is 7.80. The molecule has 1 unspecified atom stereocenters. The molecule has 28 heavy (non-hydrogen) atoms. The normalized spacial score (nSPS) is 11.0. The zero-order valence-corrected chi connectivity index (χ0v) is 16.5. The SMILES string of the molecule is CCN(C#N)C(=O)C(Cc1ccc(O)cc1)NC(=S)Nc1ccc(OC)cc1. The zero-order valence-electron chi connectivity index (χ0n) is 15.7. The predicted octanol–water partition coefficient (Wildman–Crippen LogP) is 2.63. The average Bonchev–Trinajstić information content (AvgIpc) is 2.70. The molecule has 0 fully saturated rings. The number of nitriles is 1. The van der Waals surface area contributed by atoms with Crippen molar-refractivity contribution in [1.29, 1.82) is 5.26 Å². The topological polar surface area (TPSA) is 97.6 Å². The average molecular weight is 398 g/mol. The Kier molecular flexibility index (Phi) is 7.60. The molecule has 0 aliphatic carbocycles. The van der Waals surface area contributed by atoms with E-state index < -0.39 is 6.04 Å². The number of anilines is 1. The number of nitrogens with zero attached hydrogens (tertiary/aromatic N) is 2.